The number of rotatable bonds is 5. The third-order valence-corrected chi connectivity index (χ3v) is 2.61. The van der Waals surface area contributed by atoms with E-state index in [0.29, 0.717) is 12.4 Å². The van der Waals surface area contributed by atoms with E-state index in [1.165, 1.54) is 0 Å². The first-order chi connectivity index (χ1) is 8.04. The quantitative estimate of drug-likeness (QED) is 0.849. The van der Waals surface area contributed by atoms with E-state index >= 15 is 0 Å². The van der Waals surface area contributed by atoms with Gasteiger partial charge in [-0.3, -0.25) is 0 Å². The molecule has 17 heavy (non-hydrogen) atoms. The SMILES string of the molecule is CCOC(=O)COc1ccc(Br)cc1C(C)N. The van der Waals surface area contributed by atoms with Crippen molar-refractivity contribution >= 4 is 21.9 Å². The molecule has 0 aromatic heterocycles. The predicted octanol–water partition coefficient (Wildman–Crippen LogP) is 2.41. The summed E-state index contributed by atoms with van der Waals surface area (Å²) >= 11 is 3.37. The first-order valence-electron chi connectivity index (χ1n) is 5.38. The van der Waals surface area contributed by atoms with Gasteiger partial charge in [-0.2, -0.15) is 0 Å². The molecule has 2 N–H and O–H groups in total. The van der Waals surface area contributed by atoms with Crippen LogP contribution < -0.4 is 10.5 Å². The van der Waals surface area contributed by atoms with E-state index in [2.05, 4.69) is 15.9 Å². The van der Waals surface area contributed by atoms with E-state index in [0.717, 1.165) is 10.0 Å². The fraction of sp³-hybridized carbons (Fsp3) is 0.417. The van der Waals surface area contributed by atoms with Crippen LogP contribution in [0.2, 0.25) is 0 Å². The molecule has 0 radical (unpaired) electrons. The maximum absolute atomic E-state index is 11.2. The summed E-state index contributed by atoms with van der Waals surface area (Å²) < 4.78 is 11.1. The molecule has 0 amide bonds. The van der Waals surface area contributed by atoms with E-state index in [4.69, 9.17) is 15.2 Å². The highest BCUT2D eigenvalue weighted by Crippen LogP contribution is 2.27. The van der Waals surface area contributed by atoms with Gasteiger partial charge < -0.3 is 15.2 Å². The lowest BCUT2D eigenvalue weighted by atomic mass is 10.1. The number of carbonyl (C=O) groups is 1. The average Bonchev–Trinajstić information content (AvgIpc) is 2.27. The minimum Gasteiger partial charge on any atom is -0.482 e. The molecule has 0 saturated heterocycles. The molecule has 0 heterocycles. The second-order valence-electron chi connectivity index (χ2n) is 3.56. The van der Waals surface area contributed by atoms with Crippen LogP contribution in [0.3, 0.4) is 0 Å². The van der Waals surface area contributed by atoms with Gasteiger partial charge in [0, 0.05) is 16.1 Å². The van der Waals surface area contributed by atoms with Gasteiger partial charge in [0.25, 0.3) is 0 Å². The van der Waals surface area contributed by atoms with Crippen LogP contribution in [0.15, 0.2) is 22.7 Å². The number of nitrogens with two attached hydrogens (primary N) is 1. The largest absolute Gasteiger partial charge is 0.482 e. The Labute approximate surface area is 109 Å². The number of ether oxygens (including phenoxy) is 2. The highest BCUT2D eigenvalue weighted by atomic mass is 79.9. The molecular weight excluding hydrogens is 286 g/mol. The van der Waals surface area contributed by atoms with Gasteiger partial charge in [0.2, 0.25) is 0 Å². The summed E-state index contributed by atoms with van der Waals surface area (Å²) in [7, 11) is 0. The van der Waals surface area contributed by atoms with Gasteiger partial charge in [0.05, 0.1) is 6.61 Å². The fourth-order valence-corrected chi connectivity index (χ4v) is 1.72. The standard InChI is InChI=1S/C12H16BrNO3/c1-3-16-12(15)7-17-11-5-4-9(13)6-10(11)8(2)14/h4-6,8H,3,7,14H2,1-2H3. The van der Waals surface area contributed by atoms with E-state index in [-0.39, 0.29) is 18.6 Å². The topological polar surface area (TPSA) is 61.5 Å². The van der Waals surface area contributed by atoms with Crippen LogP contribution in [0.5, 0.6) is 5.75 Å². The van der Waals surface area contributed by atoms with E-state index in [1.54, 1.807) is 13.0 Å². The number of carbonyl (C=O) groups excluding carboxylic acids is 1. The highest BCUT2D eigenvalue weighted by molar-refractivity contribution is 9.10. The molecule has 0 aliphatic heterocycles. The van der Waals surface area contributed by atoms with Crippen LogP contribution in [-0.4, -0.2) is 19.2 Å². The predicted molar refractivity (Wildman–Crippen MR) is 68.9 cm³/mol. The molecule has 0 aliphatic rings. The minimum absolute atomic E-state index is 0.102. The van der Waals surface area contributed by atoms with Gasteiger partial charge in [-0.25, -0.2) is 4.79 Å². The molecule has 0 bridgehead atoms. The Hall–Kier alpha value is -1.07. The molecule has 94 valence electrons. The Morgan fingerprint density at radius 2 is 2.24 bits per heavy atom. The normalized spacial score (nSPS) is 12.0. The first-order valence-corrected chi connectivity index (χ1v) is 6.17. The molecular formula is C12H16BrNO3. The van der Waals surface area contributed by atoms with Crippen LogP contribution in [0.25, 0.3) is 0 Å². The van der Waals surface area contributed by atoms with Crippen molar-refractivity contribution in [2.45, 2.75) is 19.9 Å². The summed E-state index contributed by atoms with van der Waals surface area (Å²) in [5.74, 6) is 0.224. The van der Waals surface area contributed by atoms with Crippen molar-refractivity contribution in [3.8, 4) is 5.75 Å². The molecule has 4 nitrogen and oxygen atoms in total. The Morgan fingerprint density at radius 3 is 2.82 bits per heavy atom. The maximum atomic E-state index is 11.2. The van der Waals surface area contributed by atoms with E-state index in [9.17, 15) is 4.79 Å². The van der Waals surface area contributed by atoms with Crippen LogP contribution in [0.4, 0.5) is 0 Å². The van der Waals surface area contributed by atoms with Gasteiger partial charge in [-0.05, 0) is 32.0 Å². The smallest absolute Gasteiger partial charge is 0.344 e. The zero-order valence-electron chi connectivity index (χ0n) is 9.90. The van der Waals surface area contributed by atoms with Gasteiger partial charge >= 0.3 is 5.97 Å². The Balaban J connectivity index is 2.73. The zero-order chi connectivity index (χ0) is 12.8. The number of halogens is 1. The lowest BCUT2D eigenvalue weighted by molar-refractivity contribution is -0.145. The van der Waals surface area contributed by atoms with Crippen LogP contribution >= 0.6 is 15.9 Å². The second kappa shape index (κ2) is 6.61. The Bertz CT molecular complexity index is 393. The van der Waals surface area contributed by atoms with E-state index < -0.39 is 0 Å². The molecule has 0 saturated carbocycles. The maximum Gasteiger partial charge on any atom is 0.344 e. The van der Waals surface area contributed by atoms with Crippen molar-refractivity contribution in [2.75, 3.05) is 13.2 Å². The molecule has 1 unspecified atom stereocenters. The first kappa shape index (κ1) is 14.0. The minimum atomic E-state index is -0.383. The molecule has 0 fully saturated rings. The number of hydrogen-bond acceptors (Lipinski definition) is 4. The Kier molecular flexibility index (Phi) is 5.44. The number of esters is 1. The lowest BCUT2D eigenvalue weighted by Gasteiger charge is -2.13. The van der Waals surface area contributed by atoms with Crippen molar-refractivity contribution in [1.29, 1.82) is 0 Å². The summed E-state index contributed by atoms with van der Waals surface area (Å²) in [6.45, 7) is 3.86. The summed E-state index contributed by atoms with van der Waals surface area (Å²) in [5.41, 5.74) is 6.68. The van der Waals surface area contributed by atoms with Crippen molar-refractivity contribution in [3.05, 3.63) is 28.2 Å². The van der Waals surface area contributed by atoms with Crippen molar-refractivity contribution in [2.24, 2.45) is 5.73 Å². The summed E-state index contributed by atoms with van der Waals surface area (Å²) in [6.07, 6.45) is 0. The van der Waals surface area contributed by atoms with Crippen molar-refractivity contribution in [3.63, 3.8) is 0 Å². The lowest BCUT2D eigenvalue weighted by Crippen LogP contribution is -2.16. The Morgan fingerprint density at radius 1 is 1.53 bits per heavy atom. The molecule has 0 spiro atoms. The molecule has 0 aliphatic carbocycles. The van der Waals surface area contributed by atoms with Gasteiger partial charge in [-0.1, -0.05) is 15.9 Å². The highest BCUT2D eigenvalue weighted by Gasteiger charge is 2.11. The molecule has 1 rings (SSSR count). The molecule has 1 atom stereocenters. The van der Waals surface area contributed by atoms with Crippen LogP contribution in [-0.2, 0) is 9.53 Å². The van der Waals surface area contributed by atoms with Crippen LogP contribution in [0.1, 0.15) is 25.5 Å². The summed E-state index contributed by atoms with van der Waals surface area (Å²) in [4.78, 5) is 11.2. The monoisotopic (exact) mass is 301 g/mol. The van der Waals surface area contributed by atoms with Gasteiger partial charge in [0.15, 0.2) is 6.61 Å². The average molecular weight is 302 g/mol. The summed E-state index contributed by atoms with van der Waals surface area (Å²) in [5, 5.41) is 0. The van der Waals surface area contributed by atoms with Crippen molar-refractivity contribution < 1.29 is 14.3 Å². The second-order valence-corrected chi connectivity index (χ2v) is 4.48. The third kappa shape index (κ3) is 4.36. The molecule has 1 aromatic rings. The van der Waals surface area contributed by atoms with Gasteiger partial charge in [-0.15, -0.1) is 0 Å². The number of hydrogen-bond donors (Lipinski definition) is 1. The number of benzene rings is 1. The van der Waals surface area contributed by atoms with E-state index in [1.807, 2.05) is 19.1 Å². The molecule has 5 heteroatoms. The fourth-order valence-electron chi connectivity index (χ4n) is 1.35. The summed E-state index contributed by atoms with van der Waals surface area (Å²) in [6, 6.07) is 5.34. The van der Waals surface area contributed by atoms with Crippen molar-refractivity contribution in [1.82, 2.24) is 0 Å². The zero-order valence-corrected chi connectivity index (χ0v) is 11.5. The third-order valence-electron chi connectivity index (χ3n) is 2.11. The van der Waals surface area contributed by atoms with Crippen LogP contribution in [0, 0.1) is 0 Å². The molecule has 1 aromatic carbocycles. The van der Waals surface area contributed by atoms with Gasteiger partial charge in [0.1, 0.15) is 5.75 Å².